The van der Waals surface area contributed by atoms with Crippen LogP contribution in [0, 0.1) is 12.7 Å². The van der Waals surface area contributed by atoms with E-state index in [1.807, 2.05) is 19.0 Å². The van der Waals surface area contributed by atoms with E-state index in [-0.39, 0.29) is 17.7 Å². The van der Waals surface area contributed by atoms with Crippen LogP contribution in [-0.2, 0) is 18.9 Å². The number of nitrogens with zero attached hydrogens (tertiary/aromatic N) is 3. The minimum atomic E-state index is -4.97. The van der Waals surface area contributed by atoms with Gasteiger partial charge in [0.2, 0.25) is 0 Å². The average molecular weight is 520 g/mol. The second kappa shape index (κ2) is 10.3. The number of aryl methyl sites for hydroxylation is 1. The number of carbonyl (C=O) groups excluding carboxylic acids is 1. The molecule has 0 bridgehead atoms. The van der Waals surface area contributed by atoms with E-state index in [2.05, 4.69) is 0 Å². The lowest BCUT2D eigenvalue weighted by atomic mass is 9.89. The Morgan fingerprint density at radius 1 is 0.972 bits per heavy atom. The normalized spacial score (nSPS) is 19.1. The Kier molecular flexibility index (Phi) is 7.92. The van der Waals surface area contributed by atoms with Gasteiger partial charge in [-0.15, -0.1) is 0 Å². The molecule has 2 atom stereocenters. The van der Waals surface area contributed by atoms with Crippen molar-refractivity contribution >= 4 is 6.03 Å². The minimum Gasteiger partial charge on any atom is -0.323 e. The summed E-state index contributed by atoms with van der Waals surface area (Å²) in [5.41, 5.74) is -1.76. The van der Waals surface area contributed by atoms with Gasteiger partial charge in [0.15, 0.2) is 0 Å². The van der Waals surface area contributed by atoms with E-state index in [1.165, 1.54) is 19.2 Å². The molecule has 0 N–H and O–H groups in total. The third kappa shape index (κ3) is 6.29. The maximum Gasteiger partial charge on any atom is 0.416 e. The average Bonchev–Trinajstić information content (AvgIpc) is 2.76. The van der Waals surface area contributed by atoms with Crippen molar-refractivity contribution in [2.75, 3.05) is 27.7 Å². The quantitative estimate of drug-likeness (QED) is 0.432. The van der Waals surface area contributed by atoms with Gasteiger partial charge in [-0.1, -0.05) is 6.07 Å². The first-order chi connectivity index (χ1) is 16.6. The number of rotatable bonds is 4. The van der Waals surface area contributed by atoms with Crippen LogP contribution < -0.4 is 0 Å². The minimum absolute atomic E-state index is 0.0602. The van der Waals surface area contributed by atoms with Crippen molar-refractivity contribution in [1.82, 2.24) is 14.7 Å². The number of halogens is 7. The molecule has 1 aliphatic heterocycles. The molecular weight excluding hydrogens is 491 g/mol. The summed E-state index contributed by atoms with van der Waals surface area (Å²) in [6.45, 7) is 1.60. The summed E-state index contributed by atoms with van der Waals surface area (Å²) in [5, 5.41) is 0. The summed E-state index contributed by atoms with van der Waals surface area (Å²) in [6, 6.07) is 4.74. The van der Waals surface area contributed by atoms with Gasteiger partial charge < -0.3 is 14.7 Å². The first-order valence-corrected chi connectivity index (χ1v) is 11.3. The molecule has 0 radical (unpaired) electrons. The smallest absolute Gasteiger partial charge is 0.323 e. The highest BCUT2D eigenvalue weighted by atomic mass is 19.4. The van der Waals surface area contributed by atoms with Crippen LogP contribution in [0.4, 0.5) is 35.5 Å². The number of amides is 2. The van der Waals surface area contributed by atoms with E-state index in [4.69, 9.17) is 0 Å². The molecule has 0 saturated carbocycles. The second-order valence-corrected chi connectivity index (χ2v) is 9.40. The predicted molar refractivity (Wildman–Crippen MR) is 121 cm³/mol. The Morgan fingerprint density at radius 3 is 2.06 bits per heavy atom. The lowest BCUT2D eigenvalue weighted by molar-refractivity contribution is -0.143. The fourth-order valence-corrected chi connectivity index (χ4v) is 4.62. The Bertz CT molecular complexity index is 1070. The van der Waals surface area contributed by atoms with Gasteiger partial charge in [0.25, 0.3) is 0 Å². The van der Waals surface area contributed by atoms with Crippen molar-refractivity contribution in [3.63, 3.8) is 0 Å². The molecule has 2 aromatic rings. The van der Waals surface area contributed by atoms with Crippen LogP contribution in [0.1, 0.15) is 46.7 Å². The molecule has 2 aromatic carbocycles. The summed E-state index contributed by atoms with van der Waals surface area (Å²) < 4.78 is 93.2. The lowest BCUT2D eigenvalue weighted by Gasteiger charge is -2.43. The molecule has 1 fully saturated rings. The summed E-state index contributed by atoms with van der Waals surface area (Å²) in [4.78, 5) is 18.1. The third-order valence-electron chi connectivity index (χ3n) is 6.54. The Morgan fingerprint density at radius 2 is 1.56 bits per heavy atom. The van der Waals surface area contributed by atoms with Crippen LogP contribution in [0.25, 0.3) is 0 Å². The largest absolute Gasteiger partial charge is 0.416 e. The van der Waals surface area contributed by atoms with Crippen molar-refractivity contribution < 1.29 is 35.5 Å². The molecule has 3 rings (SSSR count). The first-order valence-electron chi connectivity index (χ1n) is 11.3. The summed E-state index contributed by atoms with van der Waals surface area (Å²) in [6.07, 6.45) is -8.78. The number of hydrogen-bond acceptors (Lipinski definition) is 2. The standard InChI is InChI=1S/C25H28F7N3O/c1-15-9-19(26)5-6-21(15)22-13-20(33(2)3)7-8-35(22)23(36)34(4)14-16-10-17(24(27,28)29)12-18(11-16)25(30,31)32/h5-6,9-12,20,22H,7-8,13-14H2,1-4H3/t20-,22+/m0/s1. The third-order valence-corrected chi connectivity index (χ3v) is 6.54. The fraction of sp³-hybridized carbons (Fsp3) is 0.480. The van der Waals surface area contributed by atoms with Gasteiger partial charge in [-0.2, -0.15) is 26.3 Å². The Labute approximate surface area is 205 Å². The Balaban J connectivity index is 1.91. The van der Waals surface area contributed by atoms with Crippen LogP contribution >= 0.6 is 0 Å². The zero-order valence-corrected chi connectivity index (χ0v) is 20.3. The molecule has 1 heterocycles. The van der Waals surface area contributed by atoms with Gasteiger partial charge in [-0.25, -0.2) is 9.18 Å². The number of urea groups is 1. The maximum absolute atomic E-state index is 13.7. The first kappa shape index (κ1) is 27.8. The molecule has 0 unspecified atom stereocenters. The molecule has 0 aliphatic carbocycles. The van der Waals surface area contributed by atoms with E-state index < -0.39 is 47.9 Å². The van der Waals surface area contributed by atoms with Gasteiger partial charge in [-0.3, -0.25) is 0 Å². The number of carbonyl (C=O) groups is 1. The van der Waals surface area contributed by atoms with Gasteiger partial charge in [0.1, 0.15) is 5.82 Å². The van der Waals surface area contributed by atoms with E-state index in [0.717, 1.165) is 10.5 Å². The number of hydrogen-bond donors (Lipinski definition) is 0. The van der Waals surface area contributed by atoms with Crippen molar-refractivity contribution in [3.05, 3.63) is 70.0 Å². The van der Waals surface area contributed by atoms with E-state index in [9.17, 15) is 35.5 Å². The number of likely N-dealkylation sites (tertiary alicyclic amines) is 1. The van der Waals surface area contributed by atoms with Crippen LogP contribution in [-0.4, -0.2) is 54.5 Å². The van der Waals surface area contributed by atoms with E-state index in [0.29, 0.717) is 37.1 Å². The predicted octanol–water partition coefficient (Wildman–Crippen LogP) is 6.49. The molecule has 36 heavy (non-hydrogen) atoms. The highest BCUT2D eigenvalue weighted by Gasteiger charge is 2.38. The van der Waals surface area contributed by atoms with Crippen molar-refractivity contribution in [1.29, 1.82) is 0 Å². The highest BCUT2D eigenvalue weighted by molar-refractivity contribution is 5.75. The SMILES string of the molecule is Cc1cc(F)ccc1[C@H]1C[C@@H](N(C)C)CCN1C(=O)N(C)Cc1cc(C(F)(F)F)cc(C(F)(F)F)c1. The molecule has 198 valence electrons. The van der Waals surface area contributed by atoms with Crippen LogP contribution in [0.2, 0.25) is 0 Å². The molecule has 0 spiro atoms. The monoisotopic (exact) mass is 519 g/mol. The zero-order valence-electron chi connectivity index (χ0n) is 20.3. The second-order valence-electron chi connectivity index (χ2n) is 9.40. The lowest BCUT2D eigenvalue weighted by Crippen LogP contribution is -2.50. The fourth-order valence-electron chi connectivity index (χ4n) is 4.62. The Hall–Kier alpha value is -2.82. The molecule has 1 aliphatic rings. The maximum atomic E-state index is 13.7. The van der Waals surface area contributed by atoms with Crippen LogP contribution in [0.15, 0.2) is 36.4 Å². The molecule has 0 aromatic heterocycles. The highest BCUT2D eigenvalue weighted by Crippen LogP contribution is 2.38. The summed E-state index contributed by atoms with van der Waals surface area (Å²) >= 11 is 0. The molecular formula is C25H28F7N3O. The van der Waals surface area contributed by atoms with Gasteiger partial charge in [0, 0.05) is 26.2 Å². The van der Waals surface area contributed by atoms with Crippen molar-refractivity contribution in [3.8, 4) is 0 Å². The number of benzene rings is 2. The van der Waals surface area contributed by atoms with Crippen molar-refractivity contribution in [2.24, 2.45) is 0 Å². The topological polar surface area (TPSA) is 26.8 Å². The van der Waals surface area contributed by atoms with Crippen LogP contribution in [0.3, 0.4) is 0 Å². The van der Waals surface area contributed by atoms with Crippen molar-refractivity contribution in [2.45, 2.75) is 50.7 Å². The van der Waals surface area contributed by atoms with Gasteiger partial charge >= 0.3 is 18.4 Å². The van der Waals surface area contributed by atoms with Crippen LogP contribution in [0.5, 0.6) is 0 Å². The van der Waals surface area contributed by atoms with Gasteiger partial charge in [-0.05, 0) is 80.9 Å². The summed E-state index contributed by atoms with van der Waals surface area (Å²) in [7, 11) is 5.16. The molecule has 11 heteroatoms. The number of alkyl halides is 6. The molecule has 2 amide bonds. The summed E-state index contributed by atoms with van der Waals surface area (Å²) in [5.74, 6) is -0.420. The molecule has 4 nitrogen and oxygen atoms in total. The number of piperidine rings is 1. The van der Waals surface area contributed by atoms with Gasteiger partial charge in [0.05, 0.1) is 17.2 Å². The van der Waals surface area contributed by atoms with E-state index in [1.54, 1.807) is 17.9 Å². The van der Waals surface area contributed by atoms with E-state index >= 15 is 0 Å². The molecule has 1 saturated heterocycles. The zero-order chi connectivity index (χ0) is 27.0.